The number of ether oxygens (including phenoxy) is 2. The number of fused-ring (bicyclic) bond motifs is 5. The highest BCUT2D eigenvalue weighted by Gasteiger charge is 2.26. The van der Waals surface area contributed by atoms with Gasteiger partial charge in [0.1, 0.15) is 11.2 Å². The van der Waals surface area contributed by atoms with Crippen molar-refractivity contribution in [3.8, 4) is 34.1 Å². The maximum absolute atomic E-state index is 6.47. The van der Waals surface area contributed by atoms with E-state index in [0.29, 0.717) is 23.0 Å². The molecule has 0 saturated carbocycles. The second-order valence-electron chi connectivity index (χ2n) is 9.78. The van der Waals surface area contributed by atoms with Crippen molar-refractivity contribution in [2.45, 2.75) is 0 Å². The zero-order chi connectivity index (χ0) is 26.5. The van der Waals surface area contributed by atoms with Crippen LogP contribution in [-0.4, -0.2) is 0 Å². The van der Waals surface area contributed by atoms with Crippen LogP contribution in [0.15, 0.2) is 144 Å². The summed E-state index contributed by atoms with van der Waals surface area (Å²) in [5, 5.41) is 2.19. The van der Waals surface area contributed by atoms with Crippen LogP contribution in [0.4, 0.5) is 17.1 Å². The monoisotopic (exact) mass is 517 g/mol. The van der Waals surface area contributed by atoms with Gasteiger partial charge in [-0.15, -0.1) is 0 Å². The average Bonchev–Trinajstić information content (AvgIpc) is 3.39. The Morgan fingerprint density at radius 2 is 1.07 bits per heavy atom. The van der Waals surface area contributed by atoms with E-state index in [-0.39, 0.29) is 0 Å². The molecule has 0 fully saturated rings. The number of hydrogen-bond donors (Lipinski definition) is 0. The Bertz CT molecular complexity index is 2010. The van der Waals surface area contributed by atoms with Crippen molar-refractivity contribution in [2.24, 2.45) is 0 Å². The summed E-state index contributed by atoms with van der Waals surface area (Å²) in [6, 6.07) is 47.2. The van der Waals surface area contributed by atoms with Gasteiger partial charge in [0.05, 0.1) is 11.4 Å². The van der Waals surface area contributed by atoms with E-state index in [9.17, 15) is 0 Å². The molecular formula is C36H23NO3. The van der Waals surface area contributed by atoms with Gasteiger partial charge in [0.15, 0.2) is 23.0 Å². The van der Waals surface area contributed by atoms with Crippen molar-refractivity contribution in [1.82, 2.24) is 0 Å². The molecule has 7 aromatic rings. The molecule has 0 unspecified atom stereocenters. The lowest BCUT2D eigenvalue weighted by atomic mass is 10.0. The summed E-state index contributed by atoms with van der Waals surface area (Å²) >= 11 is 0. The van der Waals surface area contributed by atoms with Gasteiger partial charge in [0, 0.05) is 22.5 Å². The lowest BCUT2D eigenvalue weighted by Crippen LogP contribution is -2.12. The van der Waals surface area contributed by atoms with Crippen molar-refractivity contribution in [3.05, 3.63) is 140 Å². The highest BCUT2D eigenvalue weighted by atomic mass is 16.6. The molecule has 0 atom stereocenters. The molecule has 40 heavy (non-hydrogen) atoms. The Hall–Kier alpha value is -5.48. The summed E-state index contributed by atoms with van der Waals surface area (Å²) in [6.45, 7) is 0. The van der Waals surface area contributed by atoms with Crippen molar-refractivity contribution >= 4 is 39.0 Å². The molecule has 1 aliphatic rings. The maximum atomic E-state index is 6.47. The number of nitrogens with zero attached hydrogens (tertiary/aromatic N) is 1. The molecule has 2 heterocycles. The number of rotatable bonds is 4. The molecule has 1 aliphatic heterocycles. The Morgan fingerprint density at radius 1 is 0.425 bits per heavy atom. The normalized spacial score (nSPS) is 11.9. The highest BCUT2D eigenvalue weighted by Crippen LogP contribution is 2.52. The first kappa shape index (κ1) is 22.5. The van der Waals surface area contributed by atoms with Gasteiger partial charge in [0.25, 0.3) is 0 Å². The third-order valence-corrected chi connectivity index (χ3v) is 7.33. The smallest absolute Gasteiger partial charge is 0.194 e. The van der Waals surface area contributed by atoms with Crippen LogP contribution in [-0.2, 0) is 0 Å². The molecular weight excluding hydrogens is 494 g/mol. The Kier molecular flexibility index (Phi) is 5.10. The summed E-state index contributed by atoms with van der Waals surface area (Å²) in [5.74, 6) is 2.73. The summed E-state index contributed by atoms with van der Waals surface area (Å²) in [4.78, 5) is 2.19. The van der Waals surface area contributed by atoms with E-state index >= 15 is 0 Å². The fourth-order valence-corrected chi connectivity index (χ4v) is 5.42. The van der Waals surface area contributed by atoms with Gasteiger partial charge in [-0.3, -0.25) is 0 Å². The van der Waals surface area contributed by atoms with Crippen LogP contribution in [0, 0.1) is 0 Å². The standard InChI is InChI=1S/C36H23NO3/c1-2-9-24(10-3-1)25-17-19-26(20-18-25)37(27-21-22-29-28-11-4-5-13-31(28)38-35(29)23-27)30-12-8-16-34-36(30)40-33-15-7-6-14-32(33)39-34/h1-23H. The minimum atomic E-state index is 0.665. The average molecular weight is 518 g/mol. The van der Waals surface area contributed by atoms with Gasteiger partial charge >= 0.3 is 0 Å². The first-order valence-corrected chi connectivity index (χ1v) is 13.3. The molecule has 4 nitrogen and oxygen atoms in total. The van der Waals surface area contributed by atoms with E-state index in [1.165, 1.54) is 5.56 Å². The third kappa shape index (κ3) is 3.69. The minimum absolute atomic E-state index is 0.665. The molecule has 0 N–H and O–H groups in total. The molecule has 6 aromatic carbocycles. The first-order valence-electron chi connectivity index (χ1n) is 13.3. The summed E-state index contributed by atoms with van der Waals surface area (Å²) in [7, 11) is 0. The number of anilines is 3. The Balaban J connectivity index is 1.30. The predicted octanol–water partition coefficient (Wildman–Crippen LogP) is 10.6. The summed E-state index contributed by atoms with van der Waals surface area (Å²) in [5.41, 5.74) is 6.85. The van der Waals surface area contributed by atoms with Crippen LogP contribution >= 0.6 is 0 Å². The van der Waals surface area contributed by atoms with E-state index in [2.05, 4.69) is 83.8 Å². The lowest BCUT2D eigenvalue weighted by Gasteiger charge is -2.30. The fourth-order valence-electron chi connectivity index (χ4n) is 5.42. The van der Waals surface area contributed by atoms with Crippen molar-refractivity contribution < 1.29 is 13.9 Å². The molecule has 0 amide bonds. The van der Waals surface area contributed by atoms with Crippen LogP contribution in [0.2, 0.25) is 0 Å². The van der Waals surface area contributed by atoms with Crippen molar-refractivity contribution in [1.29, 1.82) is 0 Å². The van der Waals surface area contributed by atoms with Gasteiger partial charge in [-0.1, -0.05) is 78.9 Å². The van der Waals surface area contributed by atoms with Gasteiger partial charge < -0.3 is 18.8 Å². The van der Waals surface area contributed by atoms with E-state index in [4.69, 9.17) is 13.9 Å². The second-order valence-corrected chi connectivity index (χ2v) is 9.78. The van der Waals surface area contributed by atoms with Crippen LogP contribution in [0.3, 0.4) is 0 Å². The Labute approximate surface area is 231 Å². The molecule has 0 saturated heterocycles. The number of furan rings is 1. The molecule has 0 spiro atoms. The van der Waals surface area contributed by atoms with E-state index in [1.54, 1.807) is 0 Å². The third-order valence-electron chi connectivity index (χ3n) is 7.33. The van der Waals surface area contributed by atoms with Gasteiger partial charge in [-0.05, 0) is 65.7 Å². The maximum Gasteiger partial charge on any atom is 0.194 e. The van der Waals surface area contributed by atoms with Crippen molar-refractivity contribution in [2.75, 3.05) is 4.90 Å². The van der Waals surface area contributed by atoms with E-state index < -0.39 is 0 Å². The highest BCUT2D eigenvalue weighted by molar-refractivity contribution is 6.06. The molecule has 0 bridgehead atoms. The number of benzene rings is 6. The largest absolute Gasteiger partial charge is 0.456 e. The lowest BCUT2D eigenvalue weighted by molar-refractivity contribution is 0.360. The van der Waals surface area contributed by atoms with E-state index in [0.717, 1.165) is 44.6 Å². The summed E-state index contributed by atoms with van der Waals surface area (Å²) in [6.07, 6.45) is 0. The molecule has 0 radical (unpaired) electrons. The molecule has 8 rings (SSSR count). The van der Waals surface area contributed by atoms with Gasteiger partial charge in [-0.25, -0.2) is 0 Å². The summed E-state index contributed by atoms with van der Waals surface area (Å²) < 4.78 is 19.0. The molecule has 1 aromatic heterocycles. The topological polar surface area (TPSA) is 34.8 Å². The molecule has 190 valence electrons. The second kappa shape index (κ2) is 9.07. The van der Waals surface area contributed by atoms with Crippen LogP contribution in [0.25, 0.3) is 33.1 Å². The zero-order valence-electron chi connectivity index (χ0n) is 21.5. The van der Waals surface area contributed by atoms with Crippen LogP contribution in [0.1, 0.15) is 0 Å². The minimum Gasteiger partial charge on any atom is -0.456 e. The van der Waals surface area contributed by atoms with Gasteiger partial charge in [-0.2, -0.15) is 0 Å². The quantitative estimate of drug-likeness (QED) is 0.233. The number of hydrogen-bond acceptors (Lipinski definition) is 4. The van der Waals surface area contributed by atoms with Crippen LogP contribution in [0.5, 0.6) is 23.0 Å². The predicted molar refractivity (Wildman–Crippen MR) is 160 cm³/mol. The Morgan fingerprint density at radius 3 is 1.93 bits per heavy atom. The fraction of sp³-hybridized carbons (Fsp3) is 0. The molecule has 0 aliphatic carbocycles. The van der Waals surface area contributed by atoms with E-state index in [1.807, 2.05) is 60.7 Å². The first-order chi connectivity index (χ1) is 19.8. The SMILES string of the molecule is c1ccc(-c2ccc(N(c3ccc4c(c3)oc3ccccc34)c3cccc4c3Oc3ccccc3O4)cc2)cc1. The number of para-hydroxylation sites is 4. The zero-order valence-corrected chi connectivity index (χ0v) is 21.5. The van der Waals surface area contributed by atoms with Gasteiger partial charge in [0.2, 0.25) is 0 Å². The van der Waals surface area contributed by atoms with Crippen molar-refractivity contribution in [3.63, 3.8) is 0 Å². The molecule has 4 heteroatoms. The van der Waals surface area contributed by atoms with Crippen LogP contribution < -0.4 is 14.4 Å².